The molecule has 1 unspecified atom stereocenters. The molecular weight excluding hydrogens is 444 g/mol. The normalized spacial score (nSPS) is 27.1. The van der Waals surface area contributed by atoms with Gasteiger partial charge in [0.1, 0.15) is 34.5 Å². The molecule has 0 radical (unpaired) electrons. The highest BCUT2D eigenvalue weighted by atomic mass is 16.3. The number of fused-ring (bicyclic) bond motifs is 4. The van der Waals surface area contributed by atoms with Gasteiger partial charge in [-0.3, -0.25) is 0 Å². The van der Waals surface area contributed by atoms with Gasteiger partial charge >= 0.3 is 0 Å². The predicted octanol–water partition coefficient (Wildman–Crippen LogP) is 4.98. The number of hydrogen-bond donors (Lipinski definition) is 6. The molecule has 4 aromatic carbocycles. The third kappa shape index (κ3) is 2.38. The lowest BCUT2D eigenvalue weighted by Gasteiger charge is -2.27. The van der Waals surface area contributed by atoms with Gasteiger partial charge in [0.25, 0.3) is 0 Å². The maximum absolute atomic E-state index is 11.1. The molecule has 4 aromatic rings. The van der Waals surface area contributed by atoms with E-state index in [1.807, 2.05) is 24.3 Å². The lowest BCUT2D eigenvalue weighted by Crippen LogP contribution is -2.17. The molecule has 7 rings (SSSR count). The van der Waals surface area contributed by atoms with Crippen molar-refractivity contribution in [3.8, 4) is 34.5 Å². The molecular formula is C29H22O6. The average molecular weight is 466 g/mol. The van der Waals surface area contributed by atoms with Crippen molar-refractivity contribution in [2.75, 3.05) is 0 Å². The Morgan fingerprint density at radius 1 is 0.486 bits per heavy atom. The molecule has 6 heteroatoms. The summed E-state index contributed by atoms with van der Waals surface area (Å²) in [6.07, 6.45) is 0. The van der Waals surface area contributed by atoms with Gasteiger partial charge in [-0.1, -0.05) is 24.3 Å². The van der Waals surface area contributed by atoms with Crippen molar-refractivity contribution in [2.45, 2.75) is 29.1 Å². The summed E-state index contributed by atoms with van der Waals surface area (Å²) in [7, 11) is 0. The van der Waals surface area contributed by atoms with Crippen molar-refractivity contribution < 1.29 is 30.6 Å². The first-order valence-electron chi connectivity index (χ1n) is 11.5. The topological polar surface area (TPSA) is 121 Å². The summed E-state index contributed by atoms with van der Waals surface area (Å²) in [5.74, 6) is -0.572. The summed E-state index contributed by atoms with van der Waals surface area (Å²) >= 11 is 0. The van der Waals surface area contributed by atoms with Crippen molar-refractivity contribution in [1.29, 1.82) is 0 Å². The maximum Gasteiger partial charge on any atom is 0.123 e. The van der Waals surface area contributed by atoms with E-state index < -0.39 is 5.41 Å². The molecule has 1 fully saturated rings. The SMILES string of the molecule is Oc1ccc([C@H]2c3c(O)cc(O)cc3C34[C@H]2c2cc(O)cc(O)c2[C@H]3[C@@H]4c2ccc(O)cc2)cc1. The van der Waals surface area contributed by atoms with Gasteiger partial charge in [-0.05, 0) is 58.7 Å². The smallest absolute Gasteiger partial charge is 0.123 e. The van der Waals surface area contributed by atoms with Crippen molar-refractivity contribution in [2.24, 2.45) is 0 Å². The van der Waals surface area contributed by atoms with Crippen LogP contribution in [0.5, 0.6) is 34.5 Å². The number of phenolic OH excluding ortho intramolecular Hbond substituents is 6. The predicted molar refractivity (Wildman–Crippen MR) is 128 cm³/mol. The summed E-state index contributed by atoms with van der Waals surface area (Å²) in [5, 5.41) is 62.8. The molecule has 0 amide bonds. The first-order chi connectivity index (χ1) is 16.8. The number of rotatable bonds is 2. The van der Waals surface area contributed by atoms with E-state index in [1.54, 1.807) is 36.4 Å². The molecule has 174 valence electrons. The molecule has 0 saturated heterocycles. The van der Waals surface area contributed by atoms with E-state index in [9.17, 15) is 30.6 Å². The first-order valence-corrected chi connectivity index (χ1v) is 11.5. The fourth-order valence-corrected chi connectivity index (χ4v) is 7.32. The van der Waals surface area contributed by atoms with Crippen LogP contribution in [0.25, 0.3) is 0 Å². The van der Waals surface area contributed by atoms with E-state index in [2.05, 4.69) is 0 Å². The van der Waals surface area contributed by atoms with Gasteiger partial charge in [-0.25, -0.2) is 0 Å². The third-order valence-corrected chi connectivity index (χ3v) is 8.35. The first kappa shape index (κ1) is 20.1. The lowest BCUT2D eigenvalue weighted by molar-refractivity contribution is 0.442. The number of hydrogen-bond acceptors (Lipinski definition) is 6. The van der Waals surface area contributed by atoms with E-state index in [1.165, 1.54) is 12.1 Å². The van der Waals surface area contributed by atoms with Crippen LogP contribution in [0.3, 0.4) is 0 Å². The molecule has 3 aliphatic rings. The zero-order valence-corrected chi connectivity index (χ0v) is 18.4. The van der Waals surface area contributed by atoms with Crippen molar-refractivity contribution in [1.82, 2.24) is 0 Å². The summed E-state index contributed by atoms with van der Waals surface area (Å²) in [6, 6.07) is 20.0. The van der Waals surface area contributed by atoms with Gasteiger partial charge in [-0.15, -0.1) is 0 Å². The average Bonchev–Trinajstić information content (AvgIpc) is 3.23. The molecule has 5 atom stereocenters. The highest BCUT2D eigenvalue weighted by Gasteiger charge is 2.79. The Bertz CT molecular complexity index is 1520. The van der Waals surface area contributed by atoms with Gasteiger partial charge in [0.05, 0.1) is 0 Å². The van der Waals surface area contributed by atoms with Crippen LogP contribution >= 0.6 is 0 Å². The Labute approximate surface area is 200 Å². The monoisotopic (exact) mass is 466 g/mol. The van der Waals surface area contributed by atoms with Gasteiger partial charge in [0.2, 0.25) is 0 Å². The molecule has 6 nitrogen and oxygen atoms in total. The molecule has 35 heavy (non-hydrogen) atoms. The third-order valence-electron chi connectivity index (χ3n) is 8.35. The van der Waals surface area contributed by atoms with E-state index in [0.717, 1.165) is 27.8 Å². The van der Waals surface area contributed by atoms with Crippen molar-refractivity contribution >= 4 is 0 Å². The summed E-state index contributed by atoms with van der Waals surface area (Å²) < 4.78 is 0. The minimum atomic E-state index is -0.571. The fourth-order valence-electron chi connectivity index (χ4n) is 7.32. The maximum atomic E-state index is 11.1. The summed E-state index contributed by atoms with van der Waals surface area (Å²) in [5.41, 5.74) is 4.39. The number of phenols is 6. The Balaban J connectivity index is 1.56. The molecule has 1 spiro atoms. The van der Waals surface area contributed by atoms with E-state index in [-0.39, 0.29) is 58.2 Å². The minimum Gasteiger partial charge on any atom is -0.508 e. The van der Waals surface area contributed by atoms with Crippen LogP contribution in [0.15, 0.2) is 72.8 Å². The highest BCUT2D eigenvalue weighted by molar-refractivity contribution is 5.77. The van der Waals surface area contributed by atoms with E-state index in [0.29, 0.717) is 5.56 Å². The molecule has 0 bridgehead atoms. The summed E-state index contributed by atoms with van der Waals surface area (Å²) in [4.78, 5) is 0. The Morgan fingerprint density at radius 2 is 1.03 bits per heavy atom. The van der Waals surface area contributed by atoms with Gasteiger partial charge < -0.3 is 30.6 Å². The Hall–Kier alpha value is -4.32. The Kier molecular flexibility index (Phi) is 3.68. The zero-order chi connectivity index (χ0) is 24.2. The van der Waals surface area contributed by atoms with Crippen LogP contribution in [-0.2, 0) is 5.41 Å². The van der Waals surface area contributed by atoms with Gasteiger partial charge in [0.15, 0.2) is 0 Å². The molecule has 6 N–H and O–H groups in total. The highest BCUT2D eigenvalue weighted by Crippen LogP contribution is 2.87. The Morgan fingerprint density at radius 3 is 1.66 bits per heavy atom. The van der Waals surface area contributed by atoms with Crippen LogP contribution in [0, 0.1) is 0 Å². The standard InChI is InChI=1S/C29H22O6/c30-15-5-1-13(2-6-15)23-25-20(10-18(33)12-22(25)35)29-26(14-3-7-16(31)8-4-14)28(29)24-19(27(23)29)9-17(32)11-21(24)34/h1-12,23,26-28,30-35H/t23-,26-,27-,28-,29?/m0/s1. The molecule has 0 aromatic heterocycles. The largest absolute Gasteiger partial charge is 0.508 e. The second kappa shape index (κ2) is 6.42. The lowest BCUT2D eigenvalue weighted by atomic mass is 9.76. The molecule has 3 aliphatic carbocycles. The van der Waals surface area contributed by atoms with Crippen LogP contribution in [0.1, 0.15) is 57.1 Å². The van der Waals surface area contributed by atoms with Gasteiger partial charge in [0, 0.05) is 52.3 Å². The van der Waals surface area contributed by atoms with Crippen LogP contribution in [-0.4, -0.2) is 30.6 Å². The molecule has 1 saturated carbocycles. The van der Waals surface area contributed by atoms with Crippen LogP contribution < -0.4 is 0 Å². The van der Waals surface area contributed by atoms with Crippen molar-refractivity contribution in [3.05, 3.63) is 106 Å². The van der Waals surface area contributed by atoms with Crippen LogP contribution in [0.4, 0.5) is 0 Å². The summed E-state index contributed by atoms with van der Waals surface area (Å²) in [6.45, 7) is 0. The molecule has 0 heterocycles. The number of aromatic hydroxyl groups is 6. The molecule has 0 aliphatic heterocycles. The quantitative estimate of drug-likeness (QED) is 0.248. The fraction of sp³-hybridized carbons (Fsp3) is 0.172. The second-order valence-electron chi connectivity index (χ2n) is 9.92. The zero-order valence-electron chi connectivity index (χ0n) is 18.4. The van der Waals surface area contributed by atoms with E-state index >= 15 is 0 Å². The van der Waals surface area contributed by atoms with Gasteiger partial charge in [-0.2, -0.15) is 0 Å². The van der Waals surface area contributed by atoms with Crippen molar-refractivity contribution in [3.63, 3.8) is 0 Å². The second-order valence-corrected chi connectivity index (χ2v) is 9.92. The van der Waals surface area contributed by atoms with Crippen LogP contribution in [0.2, 0.25) is 0 Å². The number of benzene rings is 4. The van der Waals surface area contributed by atoms with E-state index in [4.69, 9.17) is 0 Å². The minimum absolute atomic E-state index is 0.0112.